The van der Waals surface area contributed by atoms with Crippen LogP contribution in [0.5, 0.6) is 5.75 Å². The molecule has 1 atom stereocenters. The van der Waals surface area contributed by atoms with E-state index in [4.69, 9.17) is 9.72 Å². The minimum atomic E-state index is -2.78. The Morgan fingerprint density at radius 3 is 2.35 bits per heavy atom. The van der Waals surface area contributed by atoms with Crippen molar-refractivity contribution in [3.63, 3.8) is 0 Å². The molecule has 3 aliphatic heterocycles. The fraction of sp³-hybridized carbons (Fsp3) is 0.438. The first kappa shape index (κ1) is 46.9. The Morgan fingerprint density at radius 2 is 1.64 bits per heavy atom. The molecule has 0 bridgehead atoms. The van der Waals surface area contributed by atoms with E-state index in [1.165, 1.54) is 5.56 Å². The summed E-state index contributed by atoms with van der Waals surface area (Å²) in [6.07, 6.45) is 11.1. The highest BCUT2D eigenvalue weighted by atomic mass is 79.9. The molecule has 0 radical (unpaired) electrons. The average molecular weight is 981 g/mol. The first-order valence-electron chi connectivity index (χ1n) is 22.9. The number of carbonyl (C=O) groups excluding carboxylic acids is 3. The molecule has 0 aliphatic carbocycles. The van der Waals surface area contributed by atoms with Crippen molar-refractivity contribution < 1.29 is 23.7 Å². The number of ether oxygens (including phenoxy) is 1. The lowest BCUT2D eigenvalue weighted by Crippen LogP contribution is -2.45. The number of carbonyl (C=O) groups is 3. The van der Waals surface area contributed by atoms with Gasteiger partial charge in [-0.25, -0.2) is 4.98 Å². The van der Waals surface area contributed by atoms with E-state index in [9.17, 15) is 18.9 Å². The number of nitrogens with one attached hydrogen (secondary N) is 5. The molecule has 3 amide bonds. The van der Waals surface area contributed by atoms with Crippen LogP contribution in [0.3, 0.4) is 0 Å². The van der Waals surface area contributed by atoms with Crippen LogP contribution in [0.4, 0.5) is 34.5 Å². The van der Waals surface area contributed by atoms with Gasteiger partial charge < -0.3 is 40.4 Å². The van der Waals surface area contributed by atoms with Gasteiger partial charge in [-0.05, 0) is 115 Å². The van der Waals surface area contributed by atoms with Crippen LogP contribution < -0.4 is 46.4 Å². The number of halogens is 1. The van der Waals surface area contributed by atoms with E-state index in [0.29, 0.717) is 81.8 Å². The maximum Gasteiger partial charge on any atom is 0.234 e. The smallest absolute Gasteiger partial charge is 0.234 e. The zero-order valence-electron chi connectivity index (χ0n) is 38.0. The number of amides is 3. The van der Waals surface area contributed by atoms with Crippen LogP contribution in [0.1, 0.15) is 68.9 Å². The van der Waals surface area contributed by atoms with Gasteiger partial charge >= 0.3 is 0 Å². The standard InChI is InChI=1S/C48H59BrN11O5P/c1-5-31-27-39(56-48-54-29-36(49)46(58-48)55-38-12-11-37-44(53-21-19-51-37)45(38)66(3,4)64)41(65-2)28-40(31)60-24-16-33(17-25-60)50-18-20-52-43(62)26-30-14-22-59(23-15-30)34-8-6-32(7-9-34)35-10-13-42(61)57-47(35)63/h6-9,11-12,19,21,27-30,33,35,50H,5,10,13-18,20,22-26H2,1-4H3,(H,52,62)(H,57,61,63)(H2,54,55,56,58). The van der Waals surface area contributed by atoms with E-state index >= 15 is 0 Å². The van der Waals surface area contributed by atoms with Gasteiger partial charge in [0.15, 0.2) is 0 Å². The molecule has 1 unspecified atom stereocenters. The molecule has 3 aliphatic rings. The first-order valence-corrected chi connectivity index (χ1v) is 26.3. The molecular formula is C48H59BrN11O5P. The summed E-state index contributed by atoms with van der Waals surface area (Å²) < 4.78 is 20.1. The van der Waals surface area contributed by atoms with Crippen LogP contribution in [0.2, 0.25) is 0 Å². The molecule has 5 heterocycles. The molecule has 8 rings (SSSR count). The zero-order valence-corrected chi connectivity index (χ0v) is 40.5. The molecule has 66 heavy (non-hydrogen) atoms. The molecular weight excluding hydrogens is 921 g/mol. The average Bonchev–Trinajstić information content (AvgIpc) is 3.31. The minimum absolute atomic E-state index is 0.109. The highest BCUT2D eigenvalue weighted by molar-refractivity contribution is 9.10. The summed E-state index contributed by atoms with van der Waals surface area (Å²) in [6.45, 7) is 10.5. The van der Waals surface area contributed by atoms with Gasteiger partial charge in [0.25, 0.3) is 0 Å². The summed E-state index contributed by atoms with van der Waals surface area (Å²) in [5, 5.41) is 16.6. The van der Waals surface area contributed by atoms with E-state index in [1.54, 1.807) is 39.0 Å². The predicted molar refractivity (Wildman–Crippen MR) is 265 cm³/mol. The Kier molecular flexibility index (Phi) is 14.8. The van der Waals surface area contributed by atoms with Gasteiger partial charge in [0.1, 0.15) is 24.2 Å². The maximum absolute atomic E-state index is 13.5. The zero-order chi connectivity index (χ0) is 46.4. The molecule has 16 nitrogen and oxygen atoms in total. The van der Waals surface area contributed by atoms with Crippen LogP contribution in [0.15, 0.2) is 71.6 Å². The molecule has 3 fully saturated rings. The second kappa shape index (κ2) is 20.9. The lowest BCUT2D eigenvalue weighted by molar-refractivity contribution is -0.134. The van der Waals surface area contributed by atoms with Gasteiger partial charge in [-0.2, -0.15) is 4.98 Å². The third kappa shape index (κ3) is 11.1. The van der Waals surface area contributed by atoms with E-state index in [1.807, 2.05) is 24.3 Å². The monoisotopic (exact) mass is 979 g/mol. The van der Waals surface area contributed by atoms with E-state index in [-0.39, 0.29) is 23.6 Å². The molecule has 3 saturated heterocycles. The van der Waals surface area contributed by atoms with Crippen molar-refractivity contribution in [1.82, 2.24) is 35.9 Å². The van der Waals surface area contributed by atoms with E-state index in [2.05, 4.69) is 98.5 Å². The highest BCUT2D eigenvalue weighted by Gasteiger charge is 2.29. The Morgan fingerprint density at radius 1 is 0.894 bits per heavy atom. The molecule has 0 spiro atoms. The second-order valence-corrected chi connectivity index (χ2v) is 21.7. The minimum Gasteiger partial charge on any atom is -0.494 e. The van der Waals surface area contributed by atoms with Crippen molar-refractivity contribution >= 4 is 91.6 Å². The molecule has 0 saturated carbocycles. The number of hydrogen-bond acceptors (Lipinski definition) is 14. The highest BCUT2D eigenvalue weighted by Crippen LogP contribution is 2.42. The molecule has 3 aromatic carbocycles. The normalized spacial score (nSPS) is 17.4. The van der Waals surface area contributed by atoms with Crippen LogP contribution in [0.25, 0.3) is 11.0 Å². The number of rotatable bonds is 16. The number of nitrogens with zero attached hydrogens (tertiary/aromatic N) is 6. The summed E-state index contributed by atoms with van der Waals surface area (Å²) in [6, 6.07) is 16.4. The number of methoxy groups -OCH3 is 1. The fourth-order valence-electron chi connectivity index (χ4n) is 9.35. The number of piperidine rings is 3. The summed E-state index contributed by atoms with van der Waals surface area (Å²) in [4.78, 5) is 59.8. The number of aryl methyl sites for hydroxylation is 1. The Balaban J connectivity index is 0.787. The lowest BCUT2D eigenvalue weighted by Gasteiger charge is -2.35. The van der Waals surface area contributed by atoms with Crippen molar-refractivity contribution in [2.24, 2.45) is 5.92 Å². The predicted octanol–water partition coefficient (Wildman–Crippen LogP) is 6.99. The van der Waals surface area contributed by atoms with E-state index < -0.39 is 7.14 Å². The van der Waals surface area contributed by atoms with Crippen molar-refractivity contribution in [1.29, 1.82) is 0 Å². The first-order chi connectivity index (χ1) is 31.9. The largest absolute Gasteiger partial charge is 0.494 e. The topological polar surface area (TPSA) is 196 Å². The number of anilines is 6. The summed E-state index contributed by atoms with van der Waals surface area (Å²) >= 11 is 3.59. The number of aromatic nitrogens is 4. The van der Waals surface area contributed by atoms with Crippen LogP contribution in [-0.4, -0.2) is 103 Å². The lowest BCUT2D eigenvalue weighted by atomic mass is 9.90. The molecule has 2 aromatic heterocycles. The van der Waals surface area contributed by atoms with E-state index in [0.717, 1.165) is 87.5 Å². The van der Waals surface area contributed by atoms with Gasteiger partial charge in [0, 0.05) is 94.2 Å². The molecule has 348 valence electrons. The second-order valence-electron chi connectivity index (χ2n) is 17.7. The Bertz CT molecular complexity index is 2610. The third-order valence-electron chi connectivity index (χ3n) is 12.9. The Hall–Kier alpha value is -5.64. The van der Waals surface area contributed by atoms with Crippen LogP contribution >= 0.6 is 23.1 Å². The fourth-order valence-corrected chi connectivity index (χ4v) is 11.0. The SMILES string of the molecule is CCc1cc(Nc2ncc(Br)c(Nc3ccc4nccnc4c3P(C)(C)=O)n2)c(OC)cc1N1CCC(NCCNC(=O)CC2CCN(c3ccc(C4CCC(=O)NC4=O)cc3)CC2)CC1. The van der Waals surface area contributed by atoms with Gasteiger partial charge in [-0.3, -0.25) is 29.7 Å². The summed E-state index contributed by atoms with van der Waals surface area (Å²) in [7, 11) is -1.11. The third-order valence-corrected chi connectivity index (χ3v) is 15.0. The van der Waals surface area contributed by atoms with Gasteiger partial charge in [-0.1, -0.05) is 19.1 Å². The van der Waals surface area contributed by atoms with Crippen molar-refractivity contribution in [2.45, 2.75) is 70.3 Å². The van der Waals surface area contributed by atoms with Crippen molar-refractivity contribution in [3.8, 4) is 5.75 Å². The summed E-state index contributed by atoms with van der Waals surface area (Å²) in [5.41, 5.74) is 7.04. The van der Waals surface area contributed by atoms with Crippen LogP contribution in [0, 0.1) is 5.92 Å². The number of imide groups is 1. The Labute approximate surface area is 394 Å². The number of benzene rings is 3. The molecule has 5 aromatic rings. The van der Waals surface area contributed by atoms with Crippen molar-refractivity contribution in [2.75, 3.05) is 80.1 Å². The van der Waals surface area contributed by atoms with Crippen LogP contribution in [-0.2, 0) is 25.4 Å². The van der Waals surface area contributed by atoms with Gasteiger partial charge in [-0.15, -0.1) is 0 Å². The quantitative estimate of drug-likeness (QED) is 0.0386. The number of hydrogen-bond donors (Lipinski definition) is 5. The molecule has 5 N–H and O–H groups in total. The van der Waals surface area contributed by atoms with Crippen molar-refractivity contribution in [3.05, 3.63) is 82.7 Å². The molecule has 18 heteroatoms. The summed E-state index contributed by atoms with van der Waals surface area (Å²) in [5.74, 6) is 1.32. The maximum atomic E-state index is 13.5. The van der Waals surface area contributed by atoms with Gasteiger partial charge in [0.05, 0.1) is 39.7 Å². The number of fused-ring (bicyclic) bond motifs is 1. The van der Waals surface area contributed by atoms with Gasteiger partial charge in [0.2, 0.25) is 23.7 Å².